The Hall–Kier alpha value is -2.64. The van der Waals surface area contributed by atoms with Crippen molar-refractivity contribution in [3.63, 3.8) is 0 Å². The Morgan fingerprint density at radius 1 is 1.05 bits per heavy atom. The van der Waals surface area contributed by atoms with Gasteiger partial charge in [0.2, 0.25) is 0 Å². The predicted molar refractivity (Wildman–Crippen MR) is 79.4 cm³/mol. The van der Waals surface area contributed by atoms with Crippen molar-refractivity contribution in [1.82, 2.24) is 4.98 Å². The molecule has 3 rings (SSSR count). The van der Waals surface area contributed by atoms with Crippen molar-refractivity contribution in [1.29, 1.82) is 5.26 Å². The van der Waals surface area contributed by atoms with Crippen LogP contribution in [0.2, 0.25) is 0 Å². The molecule has 0 saturated carbocycles. The van der Waals surface area contributed by atoms with Crippen LogP contribution in [0.3, 0.4) is 0 Å². The van der Waals surface area contributed by atoms with E-state index >= 15 is 0 Å². The molecule has 0 unspecified atom stereocenters. The third-order valence-corrected chi connectivity index (χ3v) is 3.80. The number of hydrogen-bond donors (Lipinski definition) is 1. The van der Waals surface area contributed by atoms with Crippen LogP contribution in [-0.4, -0.2) is 10.1 Å². The van der Waals surface area contributed by atoms with E-state index in [9.17, 15) is 5.11 Å². The molecule has 0 radical (unpaired) electrons. The second kappa shape index (κ2) is 5.16. The van der Waals surface area contributed by atoms with Crippen molar-refractivity contribution in [2.24, 2.45) is 0 Å². The van der Waals surface area contributed by atoms with Crippen molar-refractivity contribution in [2.75, 3.05) is 0 Å². The van der Waals surface area contributed by atoms with Crippen LogP contribution in [0.1, 0.15) is 5.56 Å². The monoisotopic (exact) mass is 278 g/mol. The summed E-state index contributed by atoms with van der Waals surface area (Å²) in [6.07, 6.45) is 0. The smallest absolute Gasteiger partial charge is 0.124 e. The molecule has 2 aromatic carbocycles. The van der Waals surface area contributed by atoms with Gasteiger partial charge in [0.15, 0.2) is 0 Å². The van der Waals surface area contributed by atoms with Gasteiger partial charge in [-0.15, -0.1) is 11.3 Å². The number of phenols is 1. The van der Waals surface area contributed by atoms with Gasteiger partial charge in [-0.3, -0.25) is 0 Å². The average molecular weight is 278 g/mol. The molecule has 1 heterocycles. The van der Waals surface area contributed by atoms with Crippen molar-refractivity contribution < 1.29 is 5.11 Å². The fourth-order valence-electron chi connectivity index (χ4n) is 1.89. The molecular weight excluding hydrogens is 268 g/mol. The van der Waals surface area contributed by atoms with Crippen LogP contribution in [0.4, 0.5) is 0 Å². The van der Waals surface area contributed by atoms with E-state index in [4.69, 9.17) is 5.26 Å². The summed E-state index contributed by atoms with van der Waals surface area (Å²) in [5.74, 6) is 0.243. The Kier molecular flexibility index (Phi) is 3.20. The molecule has 0 aliphatic heterocycles. The molecule has 0 amide bonds. The van der Waals surface area contributed by atoms with E-state index in [2.05, 4.69) is 11.1 Å². The van der Waals surface area contributed by atoms with Crippen LogP contribution in [0.5, 0.6) is 5.75 Å². The highest BCUT2D eigenvalue weighted by molar-refractivity contribution is 7.13. The highest BCUT2D eigenvalue weighted by atomic mass is 32.1. The summed E-state index contributed by atoms with van der Waals surface area (Å²) in [6, 6.07) is 16.5. The Bertz CT molecular complexity index is 785. The molecule has 3 nitrogen and oxygen atoms in total. The summed E-state index contributed by atoms with van der Waals surface area (Å²) in [4.78, 5) is 4.58. The predicted octanol–water partition coefficient (Wildman–Crippen LogP) is 4.05. The number of aromatic nitrogens is 1. The lowest BCUT2D eigenvalue weighted by atomic mass is 10.1. The lowest BCUT2D eigenvalue weighted by Gasteiger charge is -1.98. The second-order valence-corrected chi connectivity index (χ2v) is 5.14. The van der Waals surface area contributed by atoms with Gasteiger partial charge >= 0.3 is 0 Å². The zero-order valence-electron chi connectivity index (χ0n) is 10.4. The number of aromatic hydroxyl groups is 1. The van der Waals surface area contributed by atoms with Crippen LogP contribution in [0.15, 0.2) is 53.9 Å². The highest BCUT2D eigenvalue weighted by Crippen LogP contribution is 2.29. The lowest BCUT2D eigenvalue weighted by molar-refractivity contribution is 0.475. The minimum atomic E-state index is 0.243. The van der Waals surface area contributed by atoms with Gasteiger partial charge < -0.3 is 5.11 Å². The first-order valence-corrected chi connectivity index (χ1v) is 6.90. The summed E-state index contributed by atoms with van der Waals surface area (Å²) >= 11 is 1.54. The van der Waals surface area contributed by atoms with Crippen molar-refractivity contribution >= 4 is 11.3 Å². The van der Waals surface area contributed by atoms with Gasteiger partial charge in [-0.25, -0.2) is 4.98 Å². The number of nitrogens with zero attached hydrogens (tertiary/aromatic N) is 2. The first kappa shape index (κ1) is 12.4. The molecule has 4 heteroatoms. The normalized spacial score (nSPS) is 10.2. The molecule has 0 atom stereocenters. The van der Waals surface area contributed by atoms with Gasteiger partial charge in [-0.05, 0) is 36.4 Å². The number of rotatable bonds is 2. The van der Waals surface area contributed by atoms with Crippen molar-refractivity contribution in [3.8, 4) is 33.6 Å². The van der Waals surface area contributed by atoms with Gasteiger partial charge in [-0.1, -0.05) is 12.1 Å². The summed E-state index contributed by atoms with van der Waals surface area (Å²) in [5.41, 5.74) is 3.39. The molecule has 1 aromatic heterocycles. The first-order chi connectivity index (χ1) is 9.76. The van der Waals surface area contributed by atoms with Gasteiger partial charge in [0.1, 0.15) is 10.8 Å². The second-order valence-electron chi connectivity index (χ2n) is 4.28. The molecule has 0 aliphatic carbocycles. The topological polar surface area (TPSA) is 56.9 Å². The largest absolute Gasteiger partial charge is 0.508 e. The van der Waals surface area contributed by atoms with Crippen molar-refractivity contribution in [2.45, 2.75) is 0 Å². The van der Waals surface area contributed by atoms with E-state index in [1.807, 2.05) is 35.7 Å². The molecule has 20 heavy (non-hydrogen) atoms. The molecule has 0 fully saturated rings. The number of hydrogen-bond acceptors (Lipinski definition) is 4. The van der Waals surface area contributed by atoms with E-state index in [-0.39, 0.29) is 5.75 Å². The third kappa shape index (κ3) is 2.40. The van der Waals surface area contributed by atoms with E-state index in [0.717, 1.165) is 21.8 Å². The lowest BCUT2D eigenvalue weighted by Crippen LogP contribution is -1.81. The van der Waals surface area contributed by atoms with Gasteiger partial charge in [-0.2, -0.15) is 5.26 Å². The standard InChI is InChI=1S/C16H10N2OS/c17-9-11-2-1-3-13(8-11)15-10-20-16(18-15)12-4-6-14(19)7-5-12/h1-8,10,19H. The highest BCUT2D eigenvalue weighted by Gasteiger charge is 2.07. The fraction of sp³-hybridized carbons (Fsp3) is 0. The summed E-state index contributed by atoms with van der Waals surface area (Å²) in [6.45, 7) is 0. The molecule has 0 aliphatic rings. The zero-order chi connectivity index (χ0) is 13.9. The van der Waals surface area contributed by atoms with E-state index in [0.29, 0.717) is 5.56 Å². The molecule has 3 aromatic rings. The number of benzene rings is 2. The first-order valence-electron chi connectivity index (χ1n) is 6.02. The Balaban J connectivity index is 1.97. The summed E-state index contributed by atoms with van der Waals surface area (Å²) < 4.78 is 0. The minimum absolute atomic E-state index is 0.243. The molecule has 1 N–H and O–H groups in total. The minimum Gasteiger partial charge on any atom is -0.508 e. The van der Waals surface area contributed by atoms with Crippen molar-refractivity contribution in [3.05, 3.63) is 59.5 Å². The number of nitriles is 1. The Morgan fingerprint density at radius 3 is 2.60 bits per heavy atom. The Morgan fingerprint density at radius 2 is 1.85 bits per heavy atom. The Labute approximate surface area is 120 Å². The molecule has 0 spiro atoms. The molecule has 96 valence electrons. The van der Waals surface area contributed by atoms with Crippen LogP contribution >= 0.6 is 11.3 Å². The number of phenolic OH excluding ortho intramolecular Hbond substituents is 1. The number of thiazole rings is 1. The SMILES string of the molecule is N#Cc1cccc(-c2csc(-c3ccc(O)cc3)n2)c1. The van der Waals surface area contributed by atoms with E-state index in [1.165, 1.54) is 0 Å². The molecule has 0 bridgehead atoms. The molecule has 0 saturated heterocycles. The van der Waals surface area contributed by atoms with E-state index < -0.39 is 0 Å². The average Bonchev–Trinajstić information content (AvgIpc) is 2.98. The zero-order valence-corrected chi connectivity index (χ0v) is 11.3. The van der Waals surface area contributed by atoms with Crippen LogP contribution in [0, 0.1) is 11.3 Å². The molecular formula is C16H10N2OS. The van der Waals surface area contributed by atoms with Gasteiger partial charge in [0.05, 0.1) is 17.3 Å². The maximum absolute atomic E-state index is 9.30. The van der Waals surface area contributed by atoms with Crippen LogP contribution in [0.25, 0.3) is 21.8 Å². The summed E-state index contributed by atoms with van der Waals surface area (Å²) in [5, 5.41) is 21.1. The third-order valence-electron chi connectivity index (χ3n) is 2.91. The van der Waals surface area contributed by atoms with E-state index in [1.54, 1.807) is 29.5 Å². The maximum atomic E-state index is 9.30. The fourth-order valence-corrected chi connectivity index (χ4v) is 2.73. The van der Waals surface area contributed by atoms with Crippen LogP contribution in [-0.2, 0) is 0 Å². The summed E-state index contributed by atoms with van der Waals surface area (Å²) in [7, 11) is 0. The van der Waals surface area contributed by atoms with Gasteiger partial charge in [0, 0.05) is 16.5 Å². The maximum Gasteiger partial charge on any atom is 0.124 e. The van der Waals surface area contributed by atoms with Crippen LogP contribution < -0.4 is 0 Å². The van der Waals surface area contributed by atoms with Gasteiger partial charge in [0.25, 0.3) is 0 Å². The quantitative estimate of drug-likeness (QED) is 0.769.